The number of nitrogens with two attached hydrogens (primary N) is 1. The summed E-state index contributed by atoms with van der Waals surface area (Å²) in [5.74, 6) is 0.816. The first-order valence-corrected chi connectivity index (χ1v) is 8.51. The van der Waals surface area contributed by atoms with Gasteiger partial charge in [-0.05, 0) is 44.0 Å². The Morgan fingerprint density at radius 2 is 2.22 bits per heavy atom. The summed E-state index contributed by atoms with van der Waals surface area (Å²) in [4.78, 5) is 11.6. The van der Waals surface area contributed by atoms with E-state index in [1.165, 1.54) is 16.9 Å². The number of nitrogens with one attached hydrogen (secondary N) is 1. The van der Waals surface area contributed by atoms with Crippen LogP contribution in [0.2, 0.25) is 0 Å². The zero-order valence-electron chi connectivity index (χ0n) is 13.2. The summed E-state index contributed by atoms with van der Waals surface area (Å²) in [7, 11) is 0. The highest BCUT2D eigenvalue weighted by Gasteiger charge is 2.07. The van der Waals surface area contributed by atoms with Crippen molar-refractivity contribution < 1.29 is 9.53 Å². The van der Waals surface area contributed by atoms with Crippen molar-refractivity contribution >= 4 is 22.4 Å². The Morgan fingerprint density at radius 3 is 3.00 bits per heavy atom. The molecule has 2 aromatic rings. The van der Waals surface area contributed by atoms with Crippen molar-refractivity contribution in [3.63, 3.8) is 0 Å². The van der Waals surface area contributed by atoms with Crippen LogP contribution < -0.4 is 15.8 Å². The molecule has 23 heavy (non-hydrogen) atoms. The molecule has 0 unspecified atom stereocenters. The number of carbonyl (C=O) groups is 1. The third kappa shape index (κ3) is 6.33. The molecular weight excluding hydrogens is 312 g/mol. The Labute approximate surface area is 140 Å². The standard InChI is InChI=1S/C16H22N4O2S/c1-12-5-2-6-13(11-12)22-10-4-8-15-19-20-16(23-15)18-14(21)7-3-9-17/h2,5-6,11H,3-4,7-10,17H2,1H3,(H,18,20,21). The second-order valence-corrected chi connectivity index (χ2v) is 6.27. The highest BCUT2D eigenvalue weighted by atomic mass is 32.1. The Kier molecular flexibility index (Phi) is 6.96. The van der Waals surface area contributed by atoms with Gasteiger partial charge in [-0.25, -0.2) is 0 Å². The van der Waals surface area contributed by atoms with E-state index in [1.807, 2.05) is 31.2 Å². The lowest BCUT2D eigenvalue weighted by atomic mass is 10.2. The number of hydrogen-bond acceptors (Lipinski definition) is 6. The summed E-state index contributed by atoms with van der Waals surface area (Å²) < 4.78 is 5.70. The molecule has 7 heteroatoms. The zero-order chi connectivity index (χ0) is 16.5. The molecule has 1 amide bonds. The van der Waals surface area contributed by atoms with E-state index >= 15 is 0 Å². The second-order valence-electron chi connectivity index (χ2n) is 5.21. The second kappa shape index (κ2) is 9.22. The van der Waals surface area contributed by atoms with Gasteiger partial charge in [0.25, 0.3) is 0 Å². The number of carbonyl (C=O) groups excluding carboxylic acids is 1. The highest BCUT2D eigenvalue weighted by molar-refractivity contribution is 7.15. The van der Waals surface area contributed by atoms with E-state index in [0.717, 1.165) is 23.6 Å². The molecule has 0 saturated carbocycles. The molecule has 1 aromatic heterocycles. The maximum atomic E-state index is 11.6. The summed E-state index contributed by atoms with van der Waals surface area (Å²) in [6.07, 6.45) is 2.72. The van der Waals surface area contributed by atoms with Gasteiger partial charge >= 0.3 is 0 Å². The molecule has 0 atom stereocenters. The molecule has 3 N–H and O–H groups in total. The molecule has 0 aliphatic carbocycles. The molecule has 2 rings (SSSR count). The lowest BCUT2D eigenvalue weighted by Gasteiger charge is -2.05. The van der Waals surface area contributed by atoms with Crippen molar-refractivity contribution in [2.75, 3.05) is 18.5 Å². The summed E-state index contributed by atoms with van der Waals surface area (Å²) in [5, 5.41) is 12.2. The number of hydrogen-bond donors (Lipinski definition) is 2. The van der Waals surface area contributed by atoms with E-state index < -0.39 is 0 Å². The zero-order valence-corrected chi connectivity index (χ0v) is 14.1. The maximum absolute atomic E-state index is 11.6. The first-order chi connectivity index (χ1) is 11.2. The van der Waals surface area contributed by atoms with Crippen molar-refractivity contribution in [1.29, 1.82) is 0 Å². The van der Waals surface area contributed by atoms with Gasteiger partial charge in [-0.3, -0.25) is 4.79 Å². The molecule has 0 radical (unpaired) electrons. The van der Waals surface area contributed by atoms with Gasteiger partial charge in [-0.2, -0.15) is 0 Å². The van der Waals surface area contributed by atoms with Crippen LogP contribution in [0.5, 0.6) is 5.75 Å². The van der Waals surface area contributed by atoms with Crippen LogP contribution in [0.1, 0.15) is 29.8 Å². The fraction of sp³-hybridized carbons (Fsp3) is 0.438. The third-order valence-electron chi connectivity index (χ3n) is 3.11. The minimum atomic E-state index is -0.0686. The molecule has 0 aliphatic heterocycles. The lowest BCUT2D eigenvalue weighted by molar-refractivity contribution is -0.116. The van der Waals surface area contributed by atoms with Crippen LogP contribution in [0.15, 0.2) is 24.3 Å². The van der Waals surface area contributed by atoms with E-state index in [2.05, 4.69) is 15.5 Å². The average molecular weight is 334 g/mol. The highest BCUT2D eigenvalue weighted by Crippen LogP contribution is 2.17. The van der Waals surface area contributed by atoms with Gasteiger partial charge in [-0.1, -0.05) is 23.5 Å². The van der Waals surface area contributed by atoms with Gasteiger partial charge in [0.1, 0.15) is 10.8 Å². The first kappa shape index (κ1) is 17.4. The normalized spacial score (nSPS) is 10.5. The Balaban J connectivity index is 1.69. The van der Waals surface area contributed by atoms with Crippen molar-refractivity contribution in [3.8, 4) is 5.75 Å². The van der Waals surface area contributed by atoms with Crippen LogP contribution in [0, 0.1) is 6.92 Å². The molecule has 124 valence electrons. The molecule has 6 nitrogen and oxygen atoms in total. The topological polar surface area (TPSA) is 90.1 Å². The molecule has 1 heterocycles. The number of ether oxygens (including phenoxy) is 1. The van der Waals surface area contributed by atoms with Gasteiger partial charge in [0.15, 0.2) is 0 Å². The van der Waals surface area contributed by atoms with Crippen molar-refractivity contribution in [2.45, 2.75) is 32.6 Å². The molecule has 0 saturated heterocycles. The number of rotatable bonds is 9. The summed E-state index contributed by atoms with van der Waals surface area (Å²) in [6, 6.07) is 7.99. The average Bonchev–Trinajstić information content (AvgIpc) is 2.97. The van der Waals surface area contributed by atoms with E-state index in [1.54, 1.807) is 0 Å². The molecular formula is C16H22N4O2S. The van der Waals surface area contributed by atoms with Crippen LogP contribution in [0.4, 0.5) is 5.13 Å². The SMILES string of the molecule is Cc1cccc(OCCCc2nnc(NC(=O)CCCN)s2)c1. The summed E-state index contributed by atoms with van der Waals surface area (Å²) in [6.45, 7) is 3.18. The predicted molar refractivity (Wildman–Crippen MR) is 91.8 cm³/mol. The van der Waals surface area contributed by atoms with Crippen LogP contribution in [0.25, 0.3) is 0 Å². The molecule has 0 bridgehead atoms. The number of aryl methyl sites for hydroxylation is 2. The van der Waals surface area contributed by atoms with Gasteiger partial charge < -0.3 is 15.8 Å². The minimum Gasteiger partial charge on any atom is -0.494 e. The predicted octanol–water partition coefficient (Wildman–Crippen LogP) is 2.54. The number of aromatic nitrogens is 2. The number of nitrogens with zero attached hydrogens (tertiary/aromatic N) is 2. The smallest absolute Gasteiger partial charge is 0.226 e. The van der Waals surface area contributed by atoms with E-state index in [9.17, 15) is 4.79 Å². The van der Waals surface area contributed by atoms with Gasteiger partial charge in [-0.15, -0.1) is 10.2 Å². The fourth-order valence-electron chi connectivity index (χ4n) is 1.97. The quantitative estimate of drug-likeness (QED) is 0.688. The molecule has 0 aliphatic rings. The van der Waals surface area contributed by atoms with Crippen molar-refractivity contribution in [2.24, 2.45) is 5.73 Å². The first-order valence-electron chi connectivity index (χ1n) is 7.69. The summed E-state index contributed by atoms with van der Waals surface area (Å²) >= 11 is 1.40. The van der Waals surface area contributed by atoms with E-state index in [0.29, 0.717) is 31.1 Å². The molecule has 0 spiro atoms. The number of benzene rings is 1. The third-order valence-corrected chi connectivity index (χ3v) is 4.01. The van der Waals surface area contributed by atoms with E-state index in [-0.39, 0.29) is 5.91 Å². The summed E-state index contributed by atoms with van der Waals surface area (Å²) in [5.41, 5.74) is 6.56. The lowest BCUT2D eigenvalue weighted by Crippen LogP contribution is -2.13. The number of amides is 1. The largest absolute Gasteiger partial charge is 0.494 e. The minimum absolute atomic E-state index is 0.0686. The molecule has 1 aromatic carbocycles. The maximum Gasteiger partial charge on any atom is 0.226 e. The van der Waals surface area contributed by atoms with Crippen LogP contribution in [-0.4, -0.2) is 29.3 Å². The van der Waals surface area contributed by atoms with Crippen molar-refractivity contribution in [3.05, 3.63) is 34.8 Å². The van der Waals surface area contributed by atoms with Crippen molar-refractivity contribution in [1.82, 2.24) is 10.2 Å². The fourth-order valence-corrected chi connectivity index (χ4v) is 2.77. The monoisotopic (exact) mass is 334 g/mol. The van der Waals surface area contributed by atoms with Gasteiger partial charge in [0.05, 0.1) is 6.61 Å². The van der Waals surface area contributed by atoms with Gasteiger partial charge in [0.2, 0.25) is 11.0 Å². The van der Waals surface area contributed by atoms with Crippen LogP contribution >= 0.6 is 11.3 Å². The number of anilines is 1. The Bertz CT molecular complexity index is 630. The Morgan fingerprint density at radius 1 is 1.35 bits per heavy atom. The van der Waals surface area contributed by atoms with E-state index in [4.69, 9.17) is 10.5 Å². The van der Waals surface area contributed by atoms with Crippen LogP contribution in [0.3, 0.4) is 0 Å². The Hall–Kier alpha value is -1.99. The van der Waals surface area contributed by atoms with Crippen LogP contribution in [-0.2, 0) is 11.2 Å². The molecule has 0 fully saturated rings. The van der Waals surface area contributed by atoms with Gasteiger partial charge in [0, 0.05) is 12.8 Å².